The summed E-state index contributed by atoms with van der Waals surface area (Å²) < 4.78 is 1.97. The Bertz CT molecular complexity index is 910. The number of benzene rings is 2. The first-order valence-electron chi connectivity index (χ1n) is 10.2. The highest BCUT2D eigenvalue weighted by Gasteiger charge is 2.27. The molecule has 0 spiro atoms. The number of hydrogen-bond acceptors (Lipinski definition) is 2. The van der Waals surface area contributed by atoms with Crippen LogP contribution in [0.15, 0.2) is 66.9 Å². The first-order valence-corrected chi connectivity index (χ1v) is 10.2. The number of likely N-dealkylation sites (tertiary alicyclic amines) is 1. The third-order valence-electron chi connectivity index (χ3n) is 5.74. The molecule has 0 atom stereocenters. The van der Waals surface area contributed by atoms with Gasteiger partial charge in [-0.3, -0.25) is 9.48 Å². The van der Waals surface area contributed by atoms with Crippen LogP contribution >= 0.6 is 0 Å². The van der Waals surface area contributed by atoms with E-state index in [9.17, 15) is 4.79 Å². The van der Waals surface area contributed by atoms with Gasteiger partial charge in [0.25, 0.3) is 5.91 Å². The van der Waals surface area contributed by atoms with Gasteiger partial charge < -0.3 is 4.90 Å². The van der Waals surface area contributed by atoms with Crippen molar-refractivity contribution in [1.82, 2.24) is 14.7 Å². The molecule has 1 amide bonds. The Morgan fingerprint density at radius 1 is 1.00 bits per heavy atom. The minimum atomic E-state index is 0.127. The molecule has 0 unspecified atom stereocenters. The Morgan fingerprint density at radius 2 is 1.64 bits per heavy atom. The number of hydrogen-bond donors (Lipinski definition) is 0. The fourth-order valence-electron chi connectivity index (χ4n) is 4.17. The third kappa shape index (κ3) is 3.86. The lowest BCUT2D eigenvalue weighted by Gasteiger charge is -2.32. The molecular weight excluding hydrogens is 346 g/mol. The normalized spacial score (nSPS) is 15.0. The van der Waals surface area contributed by atoms with Gasteiger partial charge in [-0.25, -0.2) is 0 Å². The number of amides is 1. The SMILES string of the molecule is CCc1c(C(=O)N2CCC(c3ccccc3)CC2)cnn1Cc1ccccc1. The highest BCUT2D eigenvalue weighted by molar-refractivity contribution is 5.95. The van der Waals surface area contributed by atoms with Crippen LogP contribution in [-0.2, 0) is 13.0 Å². The number of aromatic nitrogens is 2. The predicted molar refractivity (Wildman–Crippen MR) is 111 cm³/mol. The van der Waals surface area contributed by atoms with Gasteiger partial charge in [-0.2, -0.15) is 5.10 Å². The summed E-state index contributed by atoms with van der Waals surface area (Å²) in [5.41, 5.74) is 4.37. The van der Waals surface area contributed by atoms with Crippen molar-refractivity contribution in [1.29, 1.82) is 0 Å². The van der Waals surface area contributed by atoms with Gasteiger partial charge in [0.1, 0.15) is 0 Å². The predicted octanol–water partition coefficient (Wildman–Crippen LogP) is 4.51. The van der Waals surface area contributed by atoms with Gasteiger partial charge in [-0.1, -0.05) is 67.6 Å². The second kappa shape index (κ2) is 8.42. The number of piperidine rings is 1. The maximum absolute atomic E-state index is 13.2. The molecule has 0 bridgehead atoms. The summed E-state index contributed by atoms with van der Waals surface area (Å²) in [6.07, 6.45) is 4.60. The number of rotatable bonds is 5. The zero-order chi connectivity index (χ0) is 19.3. The molecule has 1 aliphatic heterocycles. The largest absolute Gasteiger partial charge is 0.338 e. The highest BCUT2D eigenvalue weighted by Crippen LogP contribution is 2.28. The van der Waals surface area contributed by atoms with Gasteiger partial charge >= 0.3 is 0 Å². The molecular formula is C24H27N3O. The molecule has 1 saturated heterocycles. The summed E-state index contributed by atoms with van der Waals surface area (Å²) in [5, 5.41) is 4.53. The Hall–Kier alpha value is -2.88. The van der Waals surface area contributed by atoms with Crippen molar-refractivity contribution in [3.05, 3.63) is 89.2 Å². The van der Waals surface area contributed by atoms with Gasteiger partial charge in [0.05, 0.1) is 24.0 Å². The monoisotopic (exact) mass is 373 g/mol. The number of carbonyl (C=O) groups is 1. The maximum Gasteiger partial charge on any atom is 0.257 e. The summed E-state index contributed by atoms with van der Waals surface area (Å²) in [4.78, 5) is 15.2. The zero-order valence-electron chi connectivity index (χ0n) is 16.4. The van der Waals surface area contributed by atoms with Crippen molar-refractivity contribution in [3.63, 3.8) is 0 Å². The summed E-state index contributed by atoms with van der Waals surface area (Å²) in [7, 11) is 0. The second-order valence-electron chi connectivity index (χ2n) is 7.48. The zero-order valence-corrected chi connectivity index (χ0v) is 16.4. The standard InChI is InChI=1S/C24H27N3O/c1-2-23-22(17-25-27(23)18-19-9-5-3-6-10-19)24(28)26-15-13-21(14-16-26)20-11-7-4-8-12-20/h3-12,17,21H,2,13-16,18H2,1H3. The van der Waals surface area contributed by atoms with Gasteiger partial charge in [0, 0.05) is 13.1 Å². The molecule has 2 heterocycles. The van der Waals surface area contributed by atoms with Crippen LogP contribution in [0.2, 0.25) is 0 Å². The first kappa shape index (κ1) is 18.5. The third-order valence-corrected chi connectivity index (χ3v) is 5.74. The van der Waals surface area contributed by atoms with E-state index in [1.165, 1.54) is 11.1 Å². The first-order chi connectivity index (χ1) is 13.8. The van der Waals surface area contributed by atoms with Crippen LogP contribution in [0.5, 0.6) is 0 Å². The molecule has 0 N–H and O–H groups in total. The topological polar surface area (TPSA) is 38.1 Å². The Kier molecular flexibility index (Phi) is 5.56. The average Bonchev–Trinajstić information content (AvgIpc) is 3.17. The summed E-state index contributed by atoms with van der Waals surface area (Å²) in [5.74, 6) is 0.680. The molecule has 0 radical (unpaired) electrons. The molecule has 4 heteroatoms. The molecule has 1 fully saturated rings. The lowest BCUT2D eigenvalue weighted by atomic mass is 9.89. The van der Waals surface area contributed by atoms with E-state index in [1.807, 2.05) is 27.8 Å². The van der Waals surface area contributed by atoms with Gasteiger partial charge in [0.15, 0.2) is 0 Å². The molecule has 0 saturated carbocycles. The molecule has 144 valence electrons. The molecule has 0 aliphatic carbocycles. The Labute approximate surface area is 166 Å². The van der Waals surface area contributed by atoms with E-state index >= 15 is 0 Å². The number of nitrogens with zero attached hydrogens (tertiary/aromatic N) is 3. The van der Waals surface area contributed by atoms with E-state index in [-0.39, 0.29) is 5.91 Å². The van der Waals surface area contributed by atoms with Crippen LogP contribution in [0.25, 0.3) is 0 Å². The van der Waals surface area contributed by atoms with Crippen LogP contribution in [0.3, 0.4) is 0 Å². The van der Waals surface area contributed by atoms with Crippen LogP contribution in [0, 0.1) is 0 Å². The van der Waals surface area contributed by atoms with E-state index < -0.39 is 0 Å². The molecule has 2 aromatic carbocycles. The van der Waals surface area contributed by atoms with Crippen LogP contribution in [-0.4, -0.2) is 33.7 Å². The van der Waals surface area contributed by atoms with Crippen molar-refractivity contribution in [2.45, 2.75) is 38.6 Å². The van der Waals surface area contributed by atoms with Crippen molar-refractivity contribution < 1.29 is 4.79 Å². The molecule has 1 aromatic heterocycles. The smallest absolute Gasteiger partial charge is 0.257 e. The fraction of sp³-hybridized carbons (Fsp3) is 0.333. The summed E-state index contributed by atoms with van der Waals surface area (Å²) >= 11 is 0. The Morgan fingerprint density at radius 3 is 2.29 bits per heavy atom. The molecule has 4 rings (SSSR count). The lowest BCUT2D eigenvalue weighted by molar-refractivity contribution is 0.0711. The fourth-order valence-corrected chi connectivity index (χ4v) is 4.17. The average molecular weight is 374 g/mol. The van der Waals surface area contributed by atoms with E-state index in [2.05, 4.69) is 54.5 Å². The lowest BCUT2D eigenvalue weighted by Crippen LogP contribution is -2.38. The van der Waals surface area contributed by atoms with Gasteiger partial charge in [-0.05, 0) is 36.3 Å². The molecule has 1 aliphatic rings. The minimum absolute atomic E-state index is 0.127. The molecule has 4 nitrogen and oxygen atoms in total. The quantitative estimate of drug-likeness (QED) is 0.660. The van der Waals surface area contributed by atoms with Crippen molar-refractivity contribution in [3.8, 4) is 0 Å². The van der Waals surface area contributed by atoms with Crippen LogP contribution in [0.1, 0.15) is 52.9 Å². The molecule has 3 aromatic rings. The second-order valence-corrected chi connectivity index (χ2v) is 7.48. The van der Waals surface area contributed by atoms with Gasteiger partial charge in [0.2, 0.25) is 0 Å². The molecule has 28 heavy (non-hydrogen) atoms. The van der Waals surface area contributed by atoms with Gasteiger partial charge in [-0.15, -0.1) is 0 Å². The van der Waals surface area contributed by atoms with Crippen molar-refractivity contribution in [2.75, 3.05) is 13.1 Å². The highest BCUT2D eigenvalue weighted by atomic mass is 16.2. The Balaban J connectivity index is 1.45. The van der Waals surface area contributed by atoms with Crippen LogP contribution in [0.4, 0.5) is 0 Å². The maximum atomic E-state index is 13.2. The summed E-state index contributed by atoms with van der Waals surface area (Å²) in [6.45, 7) is 4.42. The number of carbonyl (C=O) groups excluding carboxylic acids is 1. The van der Waals surface area contributed by atoms with Crippen molar-refractivity contribution >= 4 is 5.91 Å². The van der Waals surface area contributed by atoms with Crippen LogP contribution < -0.4 is 0 Å². The van der Waals surface area contributed by atoms with Crippen molar-refractivity contribution in [2.24, 2.45) is 0 Å². The van der Waals surface area contributed by atoms with E-state index in [4.69, 9.17) is 0 Å². The van der Waals surface area contributed by atoms with E-state index in [1.54, 1.807) is 6.20 Å². The summed E-state index contributed by atoms with van der Waals surface area (Å²) in [6, 6.07) is 20.9. The van der Waals surface area contributed by atoms with E-state index in [0.717, 1.165) is 43.6 Å². The van der Waals surface area contributed by atoms with E-state index in [0.29, 0.717) is 12.5 Å². The minimum Gasteiger partial charge on any atom is -0.338 e.